The average molecular weight is 318 g/mol. The van der Waals surface area contributed by atoms with Crippen molar-refractivity contribution in [2.45, 2.75) is 19.9 Å². The van der Waals surface area contributed by atoms with Crippen molar-refractivity contribution >= 4 is 21.8 Å². The number of carbonyl (C=O) groups is 1. The maximum Gasteiger partial charge on any atom is 0.260 e. The molecule has 0 unspecified atom stereocenters. The highest BCUT2D eigenvalue weighted by Crippen LogP contribution is 2.23. The molecule has 0 saturated carbocycles. The number of alkyl halides is 1. The number of hydrogen-bond acceptors (Lipinski definition) is 2. The van der Waals surface area contributed by atoms with E-state index in [-0.39, 0.29) is 23.3 Å². The highest BCUT2D eigenvalue weighted by Gasteiger charge is 2.24. The Morgan fingerprint density at radius 1 is 1.50 bits per heavy atom. The molecule has 100 valence electrons. The van der Waals surface area contributed by atoms with Gasteiger partial charge < -0.3 is 9.64 Å². The molecule has 1 rings (SSSR count). The van der Waals surface area contributed by atoms with E-state index in [4.69, 9.17) is 4.74 Å². The van der Waals surface area contributed by atoms with Crippen LogP contribution in [0.1, 0.15) is 24.2 Å². The number of ether oxygens (including phenoxy) is 1. The maximum absolute atomic E-state index is 13.8. The fraction of sp³-hybridized carbons (Fsp3) is 0.462. The minimum atomic E-state index is -0.556. The van der Waals surface area contributed by atoms with E-state index in [1.54, 1.807) is 11.0 Å². The van der Waals surface area contributed by atoms with Crippen LogP contribution in [0.2, 0.25) is 0 Å². The molecule has 0 spiro atoms. The quantitative estimate of drug-likeness (QED) is 0.781. The summed E-state index contributed by atoms with van der Waals surface area (Å²) in [6.45, 7) is 4.32. The van der Waals surface area contributed by atoms with E-state index in [2.05, 4.69) is 15.9 Å². The first kappa shape index (κ1) is 15.0. The highest BCUT2D eigenvalue weighted by molar-refractivity contribution is 9.09. The van der Waals surface area contributed by atoms with Gasteiger partial charge in [-0.1, -0.05) is 22.0 Å². The summed E-state index contributed by atoms with van der Waals surface area (Å²) in [5.74, 6) is -0.640. The van der Waals surface area contributed by atoms with E-state index in [1.807, 2.05) is 13.8 Å². The summed E-state index contributed by atoms with van der Waals surface area (Å²) in [6.07, 6.45) is 0. The smallest absolute Gasteiger partial charge is 0.260 e. The van der Waals surface area contributed by atoms with Gasteiger partial charge in [-0.15, -0.1) is 0 Å². The highest BCUT2D eigenvalue weighted by atomic mass is 79.9. The second-order valence-corrected chi connectivity index (χ2v) is 4.89. The van der Waals surface area contributed by atoms with Crippen molar-refractivity contribution in [2.24, 2.45) is 0 Å². The molecule has 1 aromatic rings. The lowest BCUT2D eigenvalue weighted by atomic mass is 10.1. The minimum absolute atomic E-state index is 0.000591. The number of nitrogens with zero attached hydrogens (tertiary/aromatic N) is 1. The number of amides is 1. The molecule has 1 amide bonds. The van der Waals surface area contributed by atoms with Crippen LogP contribution in [0.3, 0.4) is 0 Å². The van der Waals surface area contributed by atoms with Crippen molar-refractivity contribution in [3.8, 4) is 5.75 Å². The molecule has 0 fully saturated rings. The molecule has 0 saturated heterocycles. The standard InChI is InChI=1S/C13H17BrFNO2/c1-9(2)16(8-7-14)13(17)12-10(15)5-4-6-11(12)18-3/h4-6,9H,7-8H2,1-3H3. The summed E-state index contributed by atoms with van der Waals surface area (Å²) >= 11 is 3.29. The molecule has 0 N–H and O–H groups in total. The van der Waals surface area contributed by atoms with E-state index in [0.29, 0.717) is 11.9 Å². The number of rotatable bonds is 5. The zero-order valence-electron chi connectivity index (χ0n) is 10.7. The van der Waals surface area contributed by atoms with Crippen LogP contribution in [0.4, 0.5) is 4.39 Å². The Balaban J connectivity index is 3.15. The lowest BCUT2D eigenvalue weighted by Gasteiger charge is -2.26. The van der Waals surface area contributed by atoms with Crippen LogP contribution >= 0.6 is 15.9 Å². The fourth-order valence-electron chi connectivity index (χ4n) is 1.71. The fourth-order valence-corrected chi connectivity index (χ4v) is 2.09. The van der Waals surface area contributed by atoms with Crippen molar-refractivity contribution in [1.29, 1.82) is 0 Å². The van der Waals surface area contributed by atoms with Gasteiger partial charge in [-0.25, -0.2) is 4.39 Å². The molecule has 0 heterocycles. The molecule has 0 aromatic heterocycles. The molecule has 0 aliphatic rings. The van der Waals surface area contributed by atoms with Gasteiger partial charge in [0.15, 0.2) is 0 Å². The molecule has 0 bridgehead atoms. The van der Waals surface area contributed by atoms with Crippen molar-refractivity contribution in [3.05, 3.63) is 29.6 Å². The predicted octanol–water partition coefficient (Wildman–Crippen LogP) is 3.08. The Bertz CT molecular complexity index is 423. The SMILES string of the molecule is COc1cccc(F)c1C(=O)N(CCBr)C(C)C. The summed E-state index contributed by atoms with van der Waals surface area (Å²) < 4.78 is 18.9. The molecule has 0 atom stereocenters. The summed E-state index contributed by atoms with van der Waals surface area (Å²) in [4.78, 5) is 14.0. The number of hydrogen-bond donors (Lipinski definition) is 0. The van der Waals surface area contributed by atoms with Crippen LogP contribution in [0.15, 0.2) is 18.2 Å². The third-order valence-corrected chi connectivity index (χ3v) is 2.97. The Morgan fingerprint density at radius 3 is 2.67 bits per heavy atom. The second kappa shape index (κ2) is 6.73. The number of benzene rings is 1. The van der Waals surface area contributed by atoms with Crippen LogP contribution in [0.5, 0.6) is 5.75 Å². The molecule has 0 aliphatic heterocycles. The number of carbonyl (C=O) groups excluding carboxylic acids is 1. The van der Waals surface area contributed by atoms with E-state index >= 15 is 0 Å². The number of halogens is 2. The van der Waals surface area contributed by atoms with Gasteiger partial charge in [0.1, 0.15) is 17.1 Å². The van der Waals surface area contributed by atoms with Crippen LogP contribution in [0.25, 0.3) is 0 Å². The van der Waals surface area contributed by atoms with Crippen LogP contribution in [0, 0.1) is 5.82 Å². The summed E-state index contributed by atoms with van der Waals surface area (Å²) in [5, 5.41) is 0.647. The third kappa shape index (κ3) is 3.22. The molecule has 1 aromatic carbocycles. The Morgan fingerprint density at radius 2 is 2.17 bits per heavy atom. The lowest BCUT2D eigenvalue weighted by Crippen LogP contribution is -2.38. The zero-order valence-corrected chi connectivity index (χ0v) is 12.3. The monoisotopic (exact) mass is 317 g/mol. The summed E-state index contributed by atoms with van der Waals surface area (Å²) in [6, 6.07) is 4.37. The zero-order chi connectivity index (χ0) is 13.7. The molecule has 18 heavy (non-hydrogen) atoms. The van der Waals surface area contributed by atoms with Crippen molar-refractivity contribution in [3.63, 3.8) is 0 Å². The van der Waals surface area contributed by atoms with Gasteiger partial charge in [0.05, 0.1) is 7.11 Å². The van der Waals surface area contributed by atoms with Gasteiger partial charge in [0.2, 0.25) is 0 Å². The normalized spacial score (nSPS) is 10.6. The molecule has 3 nitrogen and oxygen atoms in total. The van der Waals surface area contributed by atoms with Gasteiger partial charge in [0, 0.05) is 17.9 Å². The Hall–Kier alpha value is -1.10. The first-order chi connectivity index (χ1) is 8.52. The van der Waals surface area contributed by atoms with Gasteiger partial charge in [-0.2, -0.15) is 0 Å². The average Bonchev–Trinajstić information content (AvgIpc) is 2.34. The summed E-state index contributed by atoms with van der Waals surface area (Å²) in [7, 11) is 1.43. The van der Waals surface area contributed by atoms with Crippen molar-refractivity contribution in [1.82, 2.24) is 4.90 Å². The number of methoxy groups -OCH3 is 1. The molecule has 0 aliphatic carbocycles. The van der Waals surface area contributed by atoms with E-state index in [9.17, 15) is 9.18 Å². The van der Waals surface area contributed by atoms with Crippen LogP contribution in [-0.4, -0.2) is 35.8 Å². The molecular formula is C13H17BrFNO2. The van der Waals surface area contributed by atoms with Crippen molar-refractivity contribution in [2.75, 3.05) is 19.0 Å². The second-order valence-electron chi connectivity index (χ2n) is 4.10. The van der Waals surface area contributed by atoms with E-state index < -0.39 is 5.82 Å². The summed E-state index contributed by atoms with van der Waals surface area (Å²) in [5.41, 5.74) is -0.00495. The van der Waals surface area contributed by atoms with Crippen LogP contribution < -0.4 is 4.74 Å². The van der Waals surface area contributed by atoms with E-state index in [1.165, 1.54) is 19.2 Å². The minimum Gasteiger partial charge on any atom is -0.496 e. The van der Waals surface area contributed by atoms with Gasteiger partial charge in [-0.05, 0) is 26.0 Å². The van der Waals surface area contributed by atoms with Gasteiger partial charge in [0.25, 0.3) is 5.91 Å². The van der Waals surface area contributed by atoms with Gasteiger partial charge >= 0.3 is 0 Å². The third-order valence-electron chi connectivity index (χ3n) is 2.62. The topological polar surface area (TPSA) is 29.5 Å². The molecule has 5 heteroatoms. The van der Waals surface area contributed by atoms with Crippen LogP contribution in [-0.2, 0) is 0 Å². The lowest BCUT2D eigenvalue weighted by molar-refractivity contribution is 0.0711. The maximum atomic E-state index is 13.8. The Kier molecular flexibility index (Phi) is 5.59. The molecular weight excluding hydrogens is 301 g/mol. The van der Waals surface area contributed by atoms with Gasteiger partial charge in [-0.3, -0.25) is 4.79 Å². The largest absolute Gasteiger partial charge is 0.496 e. The predicted molar refractivity (Wildman–Crippen MR) is 72.9 cm³/mol. The first-order valence-corrected chi connectivity index (χ1v) is 6.84. The van der Waals surface area contributed by atoms with Crippen molar-refractivity contribution < 1.29 is 13.9 Å². The first-order valence-electron chi connectivity index (χ1n) is 5.72. The van der Waals surface area contributed by atoms with E-state index in [0.717, 1.165) is 0 Å². The molecule has 0 radical (unpaired) electrons. The Labute approximate surface area is 115 Å².